The summed E-state index contributed by atoms with van der Waals surface area (Å²) in [4.78, 5) is 8.91. The van der Waals surface area contributed by atoms with Crippen molar-refractivity contribution in [1.29, 1.82) is 0 Å². The molecule has 0 saturated carbocycles. The van der Waals surface area contributed by atoms with Gasteiger partial charge in [-0.15, -0.1) is 20.4 Å². The highest BCUT2D eigenvalue weighted by atomic mass is 15.3. The van der Waals surface area contributed by atoms with E-state index < -0.39 is 0 Å². The molecule has 0 amide bonds. The van der Waals surface area contributed by atoms with Gasteiger partial charge in [-0.25, -0.2) is 9.97 Å². The number of aryl methyl sites for hydroxylation is 4. The number of rotatable bonds is 0. The Bertz CT molecular complexity index is 1580. The molecule has 0 N–H and O–H groups in total. The summed E-state index contributed by atoms with van der Waals surface area (Å²) in [6, 6.07) is 0. The Kier molecular flexibility index (Phi) is 11.2. The number of imidazole rings is 2. The molecule has 0 unspecified atom stereocenters. The van der Waals surface area contributed by atoms with Crippen LogP contribution in [0.25, 0.3) is 0 Å². The van der Waals surface area contributed by atoms with Crippen LogP contribution in [0.1, 0.15) is 168 Å². The van der Waals surface area contributed by atoms with Gasteiger partial charge in [-0.2, -0.15) is 0 Å². The minimum atomic E-state index is 0.128. The van der Waals surface area contributed by atoms with Crippen LogP contribution >= 0.6 is 0 Å². The van der Waals surface area contributed by atoms with E-state index in [1.807, 2.05) is 6.20 Å². The molecule has 10 nitrogen and oxygen atoms in total. The van der Waals surface area contributed by atoms with Crippen LogP contribution in [0.5, 0.6) is 0 Å². The van der Waals surface area contributed by atoms with Gasteiger partial charge in [0.05, 0.1) is 0 Å². The summed E-state index contributed by atoms with van der Waals surface area (Å²) < 4.78 is 9.34. The average Bonchev–Trinajstić information content (AvgIpc) is 3.85. The smallest absolute Gasteiger partial charge is 0.138 e. The summed E-state index contributed by atoms with van der Waals surface area (Å²) in [6.45, 7) is 31.2. The molecule has 8 rings (SSSR count). The first-order valence-electron chi connectivity index (χ1n) is 19.3. The zero-order valence-electron chi connectivity index (χ0n) is 33.5. The van der Waals surface area contributed by atoms with Crippen molar-refractivity contribution in [1.82, 2.24) is 48.6 Å². The van der Waals surface area contributed by atoms with Crippen LogP contribution in [0, 0.1) is 0 Å². The van der Waals surface area contributed by atoms with Crippen molar-refractivity contribution in [3.05, 3.63) is 58.7 Å². The second-order valence-corrected chi connectivity index (χ2v) is 18.7. The Hall–Kier alpha value is -3.30. The lowest BCUT2D eigenvalue weighted by Crippen LogP contribution is -2.22. The summed E-state index contributed by atoms with van der Waals surface area (Å²) >= 11 is 0. The van der Waals surface area contributed by atoms with Gasteiger partial charge < -0.3 is 18.3 Å². The summed E-state index contributed by atoms with van der Waals surface area (Å²) in [5.74, 6) is 7.18. The van der Waals surface area contributed by atoms with Crippen LogP contribution in [0.3, 0.4) is 0 Å². The van der Waals surface area contributed by atoms with Crippen LogP contribution in [0.15, 0.2) is 12.4 Å². The second-order valence-electron chi connectivity index (χ2n) is 18.7. The highest BCUT2D eigenvalue weighted by Gasteiger charge is 2.27. The third kappa shape index (κ3) is 8.76. The van der Waals surface area contributed by atoms with E-state index in [1.165, 1.54) is 86.3 Å². The Morgan fingerprint density at radius 1 is 0.380 bits per heavy atom. The molecule has 0 fully saturated rings. The predicted molar refractivity (Wildman–Crippen MR) is 202 cm³/mol. The van der Waals surface area contributed by atoms with Gasteiger partial charge in [-0.3, -0.25) is 0 Å². The van der Waals surface area contributed by atoms with Gasteiger partial charge in [-0.05, 0) is 38.5 Å². The van der Waals surface area contributed by atoms with E-state index in [2.05, 4.69) is 138 Å². The second kappa shape index (κ2) is 14.7. The molecule has 4 aliphatic heterocycles. The molecule has 8 heterocycles. The fourth-order valence-electron chi connectivity index (χ4n) is 7.44. The number of aromatic nitrogens is 10. The Labute approximate surface area is 301 Å². The number of fused-ring (bicyclic) bond motifs is 4. The van der Waals surface area contributed by atoms with Gasteiger partial charge in [0.2, 0.25) is 0 Å². The summed E-state index contributed by atoms with van der Waals surface area (Å²) in [6.07, 6.45) is 16.3. The summed E-state index contributed by atoms with van der Waals surface area (Å²) in [5, 5.41) is 16.9. The van der Waals surface area contributed by atoms with Crippen LogP contribution < -0.4 is 0 Å². The molecule has 0 aromatic carbocycles. The van der Waals surface area contributed by atoms with E-state index in [0.717, 1.165) is 50.4 Å². The van der Waals surface area contributed by atoms with Crippen molar-refractivity contribution in [3.8, 4) is 0 Å². The van der Waals surface area contributed by atoms with E-state index in [-0.39, 0.29) is 21.7 Å². The zero-order valence-corrected chi connectivity index (χ0v) is 33.5. The Morgan fingerprint density at radius 2 is 0.720 bits per heavy atom. The lowest BCUT2D eigenvalue weighted by Gasteiger charge is -2.24. The molecule has 4 aromatic heterocycles. The first kappa shape index (κ1) is 37.9. The maximum Gasteiger partial charge on any atom is 0.138 e. The lowest BCUT2D eigenvalue weighted by molar-refractivity contribution is 0.452. The first-order valence-corrected chi connectivity index (χ1v) is 19.3. The van der Waals surface area contributed by atoms with E-state index in [9.17, 15) is 0 Å². The normalized spacial score (nSPS) is 16.9. The molecular weight excluding hydrogens is 621 g/mol. The molecule has 50 heavy (non-hydrogen) atoms. The maximum atomic E-state index is 4.49. The minimum absolute atomic E-state index is 0.128. The third-order valence-corrected chi connectivity index (χ3v) is 10.0. The van der Waals surface area contributed by atoms with Crippen molar-refractivity contribution >= 4 is 0 Å². The highest BCUT2D eigenvalue weighted by molar-refractivity contribution is 5.17. The fourth-order valence-corrected chi connectivity index (χ4v) is 7.44. The van der Waals surface area contributed by atoms with Gasteiger partial charge >= 0.3 is 0 Å². The lowest BCUT2D eigenvalue weighted by atomic mass is 9.92. The Balaban J connectivity index is 0.000000130. The summed E-state index contributed by atoms with van der Waals surface area (Å²) in [5.41, 5.74) is 3.52. The SMILES string of the molecule is CC(C)(C)c1cnc2n1CCC2.CC(C)(C)c1cnc2n1CCCC2.CC(C)(C)c1nnc2n1CCC2.CC(C)(C)c1nnc2n1CCCC2. The van der Waals surface area contributed by atoms with Gasteiger partial charge in [0.1, 0.15) is 34.9 Å². The van der Waals surface area contributed by atoms with Crippen LogP contribution in [-0.4, -0.2) is 48.6 Å². The van der Waals surface area contributed by atoms with E-state index >= 15 is 0 Å². The standard InChI is InChI=1S/C11H18N2.C10H17N3.C10H16N2.C9H15N3/c1-11(2,3)9-8-12-10-6-4-5-7-13(9)10;1-10(2,3)9-12-11-8-6-4-5-7-13(8)9;1-10(2,3)8-7-11-9-5-4-6-12(8)9;1-9(2,3)8-11-10-7-5-4-6-12(7)8/h8H,4-7H2,1-3H3;4-7H2,1-3H3;7H,4-6H2,1-3H3;4-6H2,1-3H3. The summed E-state index contributed by atoms with van der Waals surface area (Å²) in [7, 11) is 0. The van der Waals surface area contributed by atoms with Crippen molar-refractivity contribution in [2.45, 2.75) is 195 Å². The largest absolute Gasteiger partial charge is 0.332 e. The maximum absolute atomic E-state index is 4.49. The monoisotopic (exact) mass is 687 g/mol. The number of hydrogen-bond acceptors (Lipinski definition) is 6. The van der Waals surface area contributed by atoms with Crippen LogP contribution in [0.2, 0.25) is 0 Å². The molecular formula is C40H66N10. The quantitative estimate of drug-likeness (QED) is 0.186. The van der Waals surface area contributed by atoms with Crippen molar-refractivity contribution < 1.29 is 0 Å². The molecule has 10 heteroatoms. The number of hydrogen-bond donors (Lipinski definition) is 0. The molecule has 276 valence electrons. The molecule has 0 aliphatic carbocycles. The van der Waals surface area contributed by atoms with E-state index in [4.69, 9.17) is 0 Å². The van der Waals surface area contributed by atoms with Crippen molar-refractivity contribution in [2.24, 2.45) is 0 Å². The van der Waals surface area contributed by atoms with Crippen molar-refractivity contribution in [2.75, 3.05) is 0 Å². The zero-order chi connectivity index (χ0) is 36.5. The first-order chi connectivity index (χ1) is 23.4. The van der Waals surface area contributed by atoms with Gasteiger partial charge in [-0.1, -0.05) is 83.1 Å². The Morgan fingerprint density at radius 3 is 1.14 bits per heavy atom. The highest BCUT2D eigenvalue weighted by Crippen LogP contribution is 2.28. The molecule has 0 saturated heterocycles. The van der Waals surface area contributed by atoms with Gasteiger partial charge in [0.15, 0.2) is 0 Å². The molecule has 4 aliphatic rings. The third-order valence-electron chi connectivity index (χ3n) is 10.0. The fraction of sp³-hybridized carbons (Fsp3) is 0.750. The molecule has 4 aromatic rings. The van der Waals surface area contributed by atoms with E-state index in [0.29, 0.717) is 0 Å². The predicted octanol–water partition coefficient (Wildman–Crippen LogP) is 8.08. The molecule has 0 spiro atoms. The number of nitrogens with zero attached hydrogens (tertiary/aromatic N) is 10. The molecule has 0 radical (unpaired) electrons. The van der Waals surface area contributed by atoms with E-state index in [1.54, 1.807) is 0 Å². The minimum Gasteiger partial charge on any atom is -0.332 e. The average molecular weight is 687 g/mol. The topological polar surface area (TPSA) is 97.1 Å². The molecule has 0 atom stereocenters. The molecule has 0 bridgehead atoms. The van der Waals surface area contributed by atoms with Crippen LogP contribution in [-0.2, 0) is 73.5 Å². The van der Waals surface area contributed by atoms with Gasteiger partial charge in [0, 0.05) is 97.3 Å². The van der Waals surface area contributed by atoms with Crippen LogP contribution in [0.4, 0.5) is 0 Å². The van der Waals surface area contributed by atoms with Crippen molar-refractivity contribution in [3.63, 3.8) is 0 Å². The van der Waals surface area contributed by atoms with Gasteiger partial charge in [0.25, 0.3) is 0 Å².